The lowest BCUT2D eigenvalue weighted by Gasteiger charge is -2.12. The van der Waals surface area contributed by atoms with Gasteiger partial charge in [-0.25, -0.2) is 4.79 Å². The Hall–Kier alpha value is -2.24. The fourth-order valence-electron chi connectivity index (χ4n) is 1.72. The third-order valence-electron chi connectivity index (χ3n) is 2.53. The number of benzene rings is 1. The van der Waals surface area contributed by atoms with Crippen LogP contribution in [0, 0.1) is 0 Å². The smallest absolute Gasteiger partial charge is 0.342 e. The van der Waals surface area contributed by atoms with Crippen molar-refractivity contribution in [1.82, 2.24) is 0 Å². The lowest BCUT2D eigenvalue weighted by atomic mass is 10.0. The molecule has 0 saturated heterocycles. The zero-order chi connectivity index (χ0) is 15.1. The van der Waals surface area contributed by atoms with E-state index >= 15 is 0 Å². The molecule has 0 atom stereocenters. The summed E-state index contributed by atoms with van der Waals surface area (Å²) in [6, 6.07) is 2.80. The molecule has 0 bridgehead atoms. The standard InChI is InChI=1S/C14H18O6/c1-4-19-12(16)7-9-6-10(18-3)8-11(15)13(9)14(17)20-5-2/h6,8,15H,4-5,7H2,1-3H3. The van der Waals surface area contributed by atoms with Gasteiger partial charge in [0.1, 0.15) is 17.1 Å². The lowest BCUT2D eigenvalue weighted by Crippen LogP contribution is -2.14. The molecule has 1 N–H and O–H groups in total. The Morgan fingerprint density at radius 1 is 1.15 bits per heavy atom. The van der Waals surface area contributed by atoms with Gasteiger partial charge < -0.3 is 19.3 Å². The minimum Gasteiger partial charge on any atom is -0.507 e. The van der Waals surface area contributed by atoms with E-state index in [1.807, 2.05) is 0 Å². The van der Waals surface area contributed by atoms with Crippen molar-refractivity contribution in [3.63, 3.8) is 0 Å². The van der Waals surface area contributed by atoms with Gasteiger partial charge in [-0.2, -0.15) is 0 Å². The monoisotopic (exact) mass is 282 g/mol. The van der Waals surface area contributed by atoms with Crippen molar-refractivity contribution in [2.45, 2.75) is 20.3 Å². The van der Waals surface area contributed by atoms with Gasteiger partial charge in [-0.15, -0.1) is 0 Å². The molecule has 1 aromatic carbocycles. The number of phenols is 1. The Labute approximate surface area is 117 Å². The van der Waals surface area contributed by atoms with Gasteiger partial charge in [0.05, 0.1) is 26.7 Å². The number of methoxy groups -OCH3 is 1. The molecule has 6 nitrogen and oxygen atoms in total. The van der Waals surface area contributed by atoms with Crippen LogP contribution in [-0.2, 0) is 20.7 Å². The number of hydrogen-bond acceptors (Lipinski definition) is 6. The predicted molar refractivity (Wildman–Crippen MR) is 71.0 cm³/mol. The summed E-state index contributed by atoms with van der Waals surface area (Å²) in [5.74, 6) is -1.13. The SMILES string of the molecule is CCOC(=O)Cc1cc(OC)cc(O)c1C(=O)OCC. The quantitative estimate of drug-likeness (QED) is 0.799. The zero-order valence-electron chi connectivity index (χ0n) is 11.8. The second kappa shape index (κ2) is 7.37. The summed E-state index contributed by atoms with van der Waals surface area (Å²) in [6.45, 7) is 3.75. The lowest BCUT2D eigenvalue weighted by molar-refractivity contribution is -0.142. The van der Waals surface area contributed by atoms with Crippen LogP contribution in [-0.4, -0.2) is 37.4 Å². The average molecular weight is 282 g/mol. The predicted octanol–water partition coefficient (Wildman–Crippen LogP) is 1.68. The molecule has 0 unspecified atom stereocenters. The summed E-state index contributed by atoms with van der Waals surface area (Å²) >= 11 is 0. The fraction of sp³-hybridized carbons (Fsp3) is 0.429. The minimum absolute atomic E-state index is 0.0410. The summed E-state index contributed by atoms with van der Waals surface area (Å²) in [6.07, 6.45) is -0.146. The van der Waals surface area contributed by atoms with Crippen LogP contribution in [0.5, 0.6) is 11.5 Å². The van der Waals surface area contributed by atoms with Gasteiger partial charge in [-0.1, -0.05) is 0 Å². The highest BCUT2D eigenvalue weighted by Crippen LogP contribution is 2.29. The maximum absolute atomic E-state index is 11.9. The van der Waals surface area contributed by atoms with Crippen molar-refractivity contribution >= 4 is 11.9 Å². The van der Waals surface area contributed by atoms with E-state index in [9.17, 15) is 14.7 Å². The van der Waals surface area contributed by atoms with E-state index in [0.29, 0.717) is 11.3 Å². The summed E-state index contributed by atoms with van der Waals surface area (Å²) in [5, 5.41) is 9.91. The molecule has 0 aliphatic heterocycles. The van der Waals surface area contributed by atoms with Crippen molar-refractivity contribution in [2.75, 3.05) is 20.3 Å². The molecule has 0 fully saturated rings. The van der Waals surface area contributed by atoms with Gasteiger partial charge >= 0.3 is 11.9 Å². The Bertz CT molecular complexity index is 495. The van der Waals surface area contributed by atoms with E-state index in [1.165, 1.54) is 19.2 Å². The van der Waals surface area contributed by atoms with Crippen LogP contribution in [0.3, 0.4) is 0 Å². The molecule has 0 radical (unpaired) electrons. The summed E-state index contributed by atoms with van der Waals surface area (Å²) in [5.41, 5.74) is 0.263. The largest absolute Gasteiger partial charge is 0.507 e. The number of carbonyl (C=O) groups is 2. The normalized spacial score (nSPS) is 9.95. The van der Waals surface area contributed by atoms with Crippen LogP contribution in [0.2, 0.25) is 0 Å². The highest BCUT2D eigenvalue weighted by molar-refractivity contribution is 5.95. The third kappa shape index (κ3) is 3.88. The zero-order valence-corrected chi connectivity index (χ0v) is 11.8. The van der Waals surface area contributed by atoms with Gasteiger partial charge in [-0.05, 0) is 25.5 Å². The second-order valence-corrected chi connectivity index (χ2v) is 3.88. The first-order valence-corrected chi connectivity index (χ1v) is 6.26. The number of rotatable bonds is 6. The summed E-state index contributed by atoms with van der Waals surface area (Å²) in [4.78, 5) is 23.4. The van der Waals surface area contributed by atoms with Crippen LogP contribution < -0.4 is 4.74 Å². The van der Waals surface area contributed by atoms with Crippen molar-refractivity contribution in [2.24, 2.45) is 0 Å². The number of carbonyl (C=O) groups excluding carboxylic acids is 2. The number of phenolic OH excluding ortho intramolecular Hbond substituents is 1. The molecule has 0 aliphatic carbocycles. The number of ether oxygens (including phenoxy) is 3. The van der Waals surface area contributed by atoms with E-state index in [4.69, 9.17) is 14.2 Å². The van der Waals surface area contributed by atoms with Crippen LogP contribution in [0.4, 0.5) is 0 Å². The molecule has 1 rings (SSSR count). The molecule has 0 heterocycles. The van der Waals surface area contributed by atoms with Crippen molar-refractivity contribution in [3.8, 4) is 11.5 Å². The number of hydrogen-bond donors (Lipinski definition) is 1. The van der Waals surface area contributed by atoms with Crippen LogP contribution >= 0.6 is 0 Å². The molecule has 0 aliphatic rings. The van der Waals surface area contributed by atoms with Crippen molar-refractivity contribution in [1.29, 1.82) is 0 Å². The van der Waals surface area contributed by atoms with E-state index in [0.717, 1.165) is 0 Å². The van der Waals surface area contributed by atoms with Gasteiger partial charge in [0.2, 0.25) is 0 Å². The second-order valence-electron chi connectivity index (χ2n) is 3.88. The molecule has 6 heteroatoms. The van der Waals surface area contributed by atoms with Gasteiger partial charge in [-0.3, -0.25) is 4.79 Å². The third-order valence-corrected chi connectivity index (χ3v) is 2.53. The Morgan fingerprint density at radius 2 is 1.80 bits per heavy atom. The van der Waals surface area contributed by atoms with Crippen molar-refractivity contribution in [3.05, 3.63) is 23.3 Å². The van der Waals surface area contributed by atoms with Crippen LogP contribution in [0.25, 0.3) is 0 Å². The van der Waals surface area contributed by atoms with Gasteiger partial charge in [0.15, 0.2) is 0 Å². The summed E-state index contributed by atoms with van der Waals surface area (Å²) < 4.78 is 14.7. The first kappa shape index (κ1) is 15.8. The first-order valence-electron chi connectivity index (χ1n) is 6.26. The molecular weight excluding hydrogens is 264 g/mol. The highest BCUT2D eigenvalue weighted by Gasteiger charge is 2.21. The number of esters is 2. The minimum atomic E-state index is -0.688. The molecule has 1 aromatic rings. The van der Waals surface area contributed by atoms with Crippen LogP contribution in [0.1, 0.15) is 29.8 Å². The maximum Gasteiger partial charge on any atom is 0.342 e. The fourth-order valence-corrected chi connectivity index (χ4v) is 1.72. The Morgan fingerprint density at radius 3 is 2.35 bits per heavy atom. The van der Waals surface area contributed by atoms with Crippen molar-refractivity contribution < 1.29 is 28.9 Å². The average Bonchev–Trinajstić information content (AvgIpc) is 2.38. The van der Waals surface area contributed by atoms with Gasteiger partial charge in [0, 0.05) is 6.07 Å². The molecular formula is C14H18O6. The molecule has 0 amide bonds. The molecule has 0 saturated carbocycles. The molecule has 0 spiro atoms. The van der Waals surface area contributed by atoms with E-state index in [1.54, 1.807) is 13.8 Å². The molecule has 0 aromatic heterocycles. The Kier molecular flexibility index (Phi) is 5.83. The topological polar surface area (TPSA) is 82.1 Å². The molecule has 110 valence electrons. The highest BCUT2D eigenvalue weighted by atomic mass is 16.5. The molecule has 20 heavy (non-hydrogen) atoms. The first-order chi connectivity index (χ1) is 9.53. The van der Waals surface area contributed by atoms with E-state index in [2.05, 4.69) is 0 Å². The van der Waals surface area contributed by atoms with E-state index in [-0.39, 0.29) is 30.9 Å². The summed E-state index contributed by atoms with van der Waals surface area (Å²) in [7, 11) is 1.42. The van der Waals surface area contributed by atoms with Gasteiger partial charge in [0.25, 0.3) is 0 Å². The maximum atomic E-state index is 11.9. The Balaban J connectivity index is 3.18. The van der Waals surface area contributed by atoms with E-state index < -0.39 is 11.9 Å². The van der Waals surface area contributed by atoms with Crippen LogP contribution in [0.15, 0.2) is 12.1 Å². The number of aromatic hydroxyl groups is 1.